The van der Waals surface area contributed by atoms with Crippen molar-refractivity contribution in [2.24, 2.45) is 0 Å². The Morgan fingerprint density at radius 1 is 1.09 bits per heavy atom. The van der Waals surface area contributed by atoms with Crippen molar-refractivity contribution in [1.29, 1.82) is 0 Å². The van der Waals surface area contributed by atoms with Crippen LogP contribution in [0.5, 0.6) is 0 Å². The number of ether oxygens (including phenoxy) is 1. The molecule has 10 nitrogen and oxygen atoms in total. The minimum atomic E-state index is -0.273. The Morgan fingerprint density at radius 2 is 1.94 bits per heavy atom. The van der Waals surface area contributed by atoms with Gasteiger partial charge in [-0.3, -0.25) is 9.67 Å². The largest absolute Gasteiger partial charge is 0.453 e. The predicted octanol–water partition coefficient (Wildman–Crippen LogP) is 3.53. The number of fused-ring (bicyclic) bond motifs is 2. The van der Waals surface area contributed by atoms with Gasteiger partial charge in [-0.15, -0.1) is 0 Å². The number of benzene rings is 1. The fourth-order valence-electron chi connectivity index (χ4n) is 4.63. The second-order valence-electron chi connectivity index (χ2n) is 8.71. The van der Waals surface area contributed by atoms with E-state index in [9.17, 15) is 4.79 Å². The molecule has 5 aromatic rings. The van der Waals surface area contributed by atoms with Crippen LogP contribution in [0.1, 0.15) is 30.1 Å². The van der Waals surface area contributed by atoms with Gasteiger partial charge in [-0.05, 0) is 36.6 Å². The lowest BCUT2D eigenvalue weighted by Gasteiger charge is -2.30. The first-order chi connectivity index (χ1) is 17.2. The molecule has 1 aromatic carbocycles. The summed E-state index contributed by atoms with van der Waals surface area (Å²) >= 11 is 0. The number of hydrogen-bond acceptors (Lipinski definition) is 7. The molecule has 0 saturated carbocycles. The third-order valence-electron chi connectivity index (χ3n) is 6.52. The molecule has 1 amide bonds. The van der Waals surface area contributed by atoms with Crippen LogP contribution < -0.4 is 0 Å². The van der Waals surface area contributed by atoms with E-state index in [1.807, 2.05) is 35.4 Å². The molecule has 0 spiro atoms. The van der Waals surface area contributed by atoms with Gasteiger partial charge >= 0.3 is 6.09 Å². The van der Waals surface area contributed by atoms with E-state index >= 15 is 0 Å². The summed E-state index contributed by atoms with van der Waals surface area (Å²) in [5.74, 6) is 0.564. The van der Waals surface area contributed by atoms with Crippen LogP contribution in [0, 0.1) is 0 Å². The standard InChI is InChI=1S/C25H24N8O2/c1-35-25(34)31-9-6-20(7-10-31)32-16-19(13-29-32)23-15-28-24-27-14-21(33(24)30-23)12-17-4-5-22-18(11-17)3-2-8-26-22/h2-5,8,11,13-16,20H,6-7,9-10,12H2,1H3. The van der Waals surface area contributed by atoms with Crippen molar-refractivity contribution in [3.8, 4) is 11.3 Å². The highest BCUT2D eigenvalue weighted by molar-refractivity contribution is 5.79. The predicted molar refractivity (Wildman–Crippen MR) is 129 cm³/mol. The van der Waals surface area contributed by atoms with Crippen molar-refractivity contribution in [2.75, 3.05) is 20.2 Å². The molecule has 4 aromatic heterocycles. The molecule has 0 atom stereocenters. The first-order valence-corrected chi connectivity index (χ1v) is 11.6. The third-order valence-corrected chi connectivity index (χ3v) is 6.52. The number of carbonyl (C=O) groups excluding carboxylic acids is 1. The summed E-state index contributed by atoms with van der Waals surface area (Å²) in [6.07, 6.45) is 11.2. The van der Waals surface area contributed by atoms with Crippen LogP contribution in [0.3, 0.4) is 0 Å². The van der Waals surface area contributed by atoms with Crippen molar-refractivity contribution in [3.05, 3.63) is 72.6 Å². The first kappa shape index (κ1) is 21.2. The summed E-state index contributed by atoms with van der Waals surface area (Å²) in [6, 6.07) is 10.5. The normalized spacial score (nSPS) is 14.6. The summed E-state index contributed by atoms with van der Waals surface area (Å²) in [4.78, 5) is 26.8. The average Bonchev–Trinajstić information content (AvgIpc) is 3.56. The maximum atomic E-state index is 11.7. The van der Waals surface area contributed by atoms with Crippen LogP contribution in [-0.2, 0) is 11.2 Å². The van der Waals surface area contributed by atoms with Crippen LogP contribution in [0.4, 0.5) is 4.79 Å². The summed E-state index contributed by atoms with van der Waals surface area (Å²) in [7, 11) is 1.41. The monoisotopic (exact) mass is 468 g/mol. The van der Waals surface area contributed by atoms with E-state index in [0.29, 0.717) is 25.3 Å². The van der Waals surface area contributed by atoms with Gasteiger partial charge in [0, 0.05) is 42.9 Å². The molecular weight excluding hydrogens is 444 g/mol. The number of pyridine rings is 1. The Morgan fingerprint density at radius 3 is 2.80 bits per heavy atom. The SMILES string of the molecule is COC(=O)N1CCC(n2cc(-c3cnc4ncc(Cc5ccc6ncccc6c5)n4n3)cn2)CC1. The van der Waals surface area contributed by atoms with E-state index in [-0.39, 0.29) is 12.1 Å². The summed E-state index contributed by atoms with van der Waals surface area (Å²) < 4.78 is 8.59. The molecule has 0 bridgehead atoms. The molecule has 1 aliphatic heterocycles. The van der Waals surface area contributed by atoms with Crippen LogP contribution in [0.2, 0.25) is 0 Å². The molecule has 1 saturated heterocycles. The molecule has 176 valence electrons. The van der Waals surface area contributed by atoms with Gasteiger partial charge < -0.3 is 9.64 Å². The number of likely N-dealkylation sites (tertiary alicyclic amines) is 1. The van der Waals surface area contributed by atoms with Gasteiger partial charge in [-0.2, -0.15) is 10.2 Å². The summed E-state index contributed by atoms with van der Waals surface area (Å²) in [5, 5.41) is 10.5. The van der Waals surface area contributed by atoms with Crippen molar-refractivity contribution < 1.29 is 9.53 Å². The second kappa shape index (κ2) is 8.79. The average molecular weight is 469 g/mol. The minimum absolute atomic E-state index is 0.229. The number of nitrogens with zero attached hydrogens (tertiary/aromatic N) is 8. The van der Waals surface area contributed by atoms with Crippen LogP contribution >= 0.6 is 0 Å². The number of imidazole rings is 1. The Kier molecular flexibility index (Phi) is 5.32. The van der Waals surface area contributed by atoms with Gasteiger partial charge in [0.15, 0.2) is 0 Å². The summed E-state index contributed by atoms with van der Waals surface area (Å²) in [5.41, 5.74) is 4.72. The smallest absolute Gasteiger partial charge is 0.409 e. The second-order valence-corrected chi connectivity index (χ2v) is 8.71. The zero-order valence-corrected chi connectivity index (χ0v) is 19.3. The van der Waals surface area contributed by atoms with Gasteiger partial charge in [0.05, 0.1) is 43.0 Å². The molecule has 0 unspecified atom stereocenters. The Hall–Kier alpha value is -4.34. The molecule has 1 aliphatic rings. The topological polar surface area (TPSA) is 103 Å². The molecule has 10 heteroatoms. The van der Waals surface area contributed by atoms with E-state index < -0.39 is 0 Å². The number of rotatable bonds is 4. The van der Waals surface area contributed by atoms with Crippen molar-refractivity contribution >= 4 is 22.8 Å². The number of carbonyl (C=O) groups is 1. The molecule has 5 heterocycles. The van der Waals surface area contributed by atoms with Crippen molar-refractivity contribution in [2.45, 2.75) is 25.3 Å². The molecular formula is C25H24N8O2. The van der Waals surface area contributed by atoms with Gasteiger partial charge in [0.25, 0.3) is 5.78 Å². The molecule has 0 aliphatic carbocycles. The molecule has 1 fully saturated rings. The zero-order chi connectivity index (χ0) is 23.8. The van der Waals surface area contributed by atoms with E-state index in [0.717, 1.165) is 46.3 Å². The molecule has 0 radical (unpaired) electrons. The zero-order valence-electron chi connectivity index (χ0n) is 19.3. The Bertz CT molecular complexity index is 1520. The number of amides is 1. The fraction of sp³-hybridized carbons (Fsp3) is 0.280. The van der Waals surface area contributed by atoms with Crippen LogP contribution in [0.15, 0.2) is 61.3 Å². The number of piperidine rings is 1. The van der Waals surface area contributed by atoms with Crippen molar-refractivity contribution in [3.63, 3.8) is 0 Å². The van der Waals surface area contributed by atoms with Gasteiger partial charge in [0.2, 0.25) is 0 Å². The summed E-state index contributed by atoms with van der Waals surface area (Å²) in [6.45, 7) is 1.31. The molecule has 0 N–H and O–H groups in total. The Balaban J connectivity index is 1.23. The molecule has 35 heavy (non-hydrogen) atoms. The maximum absolute atomic E-state index is 11.7. The minimum Gasteiger partial charge on any atom is -0.453 e. The lowest BCUT2D eigenvalue weighted by atomic mass is 10.1. The van der Waals surface area contributed by atoms with Gasteiger partial charge in [-0.1, -0.05) is 12.1 Å². The maximum Gasteiger partial charge on any atom is 0.409 e. The Labute approximate surface area is 201 Å². The number of hydrogen-bond donors (Lipinski definition) is 0. The highest BCUT2D eigenvalue weighted by Gasteiger charge is 2.25. The van der Waals surface area contributed by atoms with E-state index in [4.69, 9.17) is 9.84 Å². The van der Waals surface area contributed by atoms with Crippen LogP contribution in [-0.4, -0.2) is 65.5 Å². The van der Waals surface area contributed by atoms with Gasteiger partial charge in [-0.25, -0.2) is 19.3 Å². The lowest BCUT2D eigenvalue weighted by Crippen LogP contribution is -2.39. The van der Waals surface area contributed by atoms with Gasteiger partial charge in [0.1, 0.15) is 5.69 Å². The van der Waals surface area contributed by atoms with E-state index in [1.54, 1.807) is 21.8 Å². The number of methoxy groups -OCH3 is 1. The lowest BCUT2D eigenvalue weighted by molar-refractivity contribution is 0.105. The van der Waals surface area contributed by atoms with Crippen LogP contribution in [0.25, 0.3) is 27.9 Å². The van der Waals surface area contributed by atoms with E-state index in [1.165, 1.54) is 7.11 Å². The molecule has 6 rings (SSSR count). The van der Waals surface area contributed by atoms with E-state index in [2.05, 4.69) is 38.2 Å². The highest BCUT2D eigenvalue weighted by atomic mass is 16.5. The third kappa shape index (κ3) is 4.07. The fourth-order valence-corrected chi connectivity index (χ4v) is 4.63. The number of aromatic nitrogens is 7. The highest BCUT2D eigenvalue weighted by Crippen LogP contribution is 2.25. The van der Waals surface area contributed by atoms with Crippen molar-refractivity contribution in [1.82, 2.24) is 39.2 Å². The first-order valence-electron chi connectivity index (χ1n) is 11.6. The quantitative estimate of drug-likeness (QED) is 0.397.